The molecule has 0 saturated heterocycles. The van der Waals surface area contributed by atoms with E-state index in [2.05, 4.69) is 25.9 Å². The summed E-state index contributed by atoms with van der Waals surface area (Å²) in [5.74, 6) is -4.92. The van der Waals surface area contributed by atoms with Crippen LogP contribution < -0.4 is 50.4 Å². The highest BCUT2D eigenvalue weighted by Gasteiger charge is 2.29. The maximum Gasteiger partial charge on any atom is 0.326 e. The number of aliphatic imine (C=N–C) groups is 2. The molecule has 0 fully saturated rings. The zero-order chi connectivity index (χ0) is 27.8. The Bertz CT molecular complexity index is 840. The van der Waals surface area contributed by atoms with Gasteiger partial charge < -0.3 is 55.5 Å². The number of carboxylic acids is 1. The van der Waals surface area contributed by atoms with E-state index < -0.39 is 60.2 Å². The number of hydrogen-bond donors (Lipinski definition) is 10. The third kappa shape index (κ3) is 14.2. The Hall–Kier alpha value is -4.15. The van der Waals surface area contributed by atoms with Gasteiger partial charge in [0.1, 0.15) is 18.1 Å². The molecule has 204 valence electrons. The largest absolute Gasteiger partial charge is 0.480 e. The van der Waals surface area contributed by atoms with Gasteiger partial charge in [-0.1, -0.05) is 0 Å². The lowest BCUT2D eigenvalue weighted by Gasteiger charge is -2.23. The number of guanidine groups is 2. The van der Waals surface area contributed by atoms with Gasteiger partial charge in [-0.2, -0.15) is 0 Å². The molecule has 0 aromatic carbocycles. The third-order valence-electron chi connectivity index (χ3n) is 4.65. The van der Waals surface area contributed by atoms with E-state index in [0.717, 1.165) is 0 Å². The number of rotatable bonds is 17. The summed E-state index contributed by atoms with van der Waals surface area (Å²) >= 11 is 0. The molecule has 0 aliphatic carbocycles. The second-order valence-electron chi connectivity index (χ2n) is 7.87. The molecular weight excluding hydrogens is 478 g/mol. The van der Waals surface area contributed by atoms with Gasteiger partial charge in [0, 0.05) is 13.1 Å². The van der Waals surface area contributed by atoms with Crippen molar-refractivity contribution in [3.8, 4) is 0 Å². The Kier molecular flexibility index (Phi) is 14.6. The zero-order valence-corrected chi connectivity index (χ0v) is 20.1. The van der Waals surface area contributed by atoms with Gasteiger partial charge in [-0.3, -0.25) is 29.2 Å². The average Bonchev–Trinajstić information content (AvgIpc) is 2.76. The van der Waals surface area contributed by atoms with Gasteiger partial charge in [-0.05, 0) is 32.6 Å². The quantitative estimate of drug-likeness (QED) is 0.0495. The van der Waals surface area contributed by atoms with Crippen LogP contribution in [0, 0.1) is 0 Å². The maximum absolute atomic E-state index is 12.6. The van der Waals surface area contributed by atoms with Crippen molar-refractivity contribution in [1.82, 2.24) is 16.0 Å². The number of nitrogens with zero attached hydrogens (tertiary/aromatic N) is 2. The van der Waals surface area contributed by atoms with Crippen LogP contribution in [0.2, 0.25) is 0 Å². The van der Waals surface area contributed by atoms with Crippen LogP contribution in [0.4, 0.5) is 0 Å². The number of carbonyl (C=O) groups excluding carboxylic acids is 4. The van der Waals surface area contributed by atoms with Crippen LogP contribution in [0.15, 0.2) is 9.98 Å². The van der Waals surface area contributed by atoms with E-state index in [1.54, 1.807) is 0 Å². The zero-order valence-electron chi connectivity index (χ0n) is 20.1. The summed E-state index contributed by atoms with van der Waals surface area (Å²) in [6, 6.07) is -4.91. The van der Waals surface area contributed by atoms with Gasteiger partial charge in [0.25, 0.3) is 0 Å². The molecule has 16 N–H and O–H groups in total. The van der Waals surface area contributed by atoms with Gasteiger partial charge in [0.15, 0.2) is 11.9 Å². The number of amides is 4. The lowest BCUT2D eigenvalue weighted by atomic mass is 10.1. The van der Waals surface area contributed by atoms with Crippen molar-refractivity contribution in [1.29, 1.82) is 0 Å². The van der Waals surface area contributed by atoms with E-state index >= 15 is 0 Å². The average molecular weight is 516 g/mol. The number of primary amides is 1. The van der Waals surface area contributed by atoms with Crippen LogP contribution in [0.1, 0.15) is 39.0 Å². The number of carboxylic acid groups (broad SMARTS) is 1. The molecule has 0 spiro atoms. The lowest BCUT2D eigenvalue weighted by Crippen LogP contribution is -2.57. The monoisotopic (exact) mass is 515 g/mol. The summed E-state index contributed by atoms with van der Waals surface area (Å²) in [5.41, 5.74) is 31.8. The molecule has 4 atom stereocenters. The van der Waals surface area contributed by atoms with Crippen molar-refractivity contribution < 1.29 is 29.1 Å². The van der Waals surface area contributed by atoms with Crippen molar-refractivity contribution in [3.63, 3.8) is 0 Å². The van der Waals surface area contributed by atoms with Crippen LogP contribution in [0.25, 0.3) is 0 Å². The van der Waals surface area contributed by atoms with E-state index in [1.807, 2.05) is 0 Å². The lowest BCUT2D eigenvalue weighted by molar-refractivity contribution is -0.142. The minimum absolute atomic E-state index is 0.0252. The van der Waals surface area contributed by atoms with Crippen molar-refractivity contribution in [2.45, 2.75) is 63.2 Å². The SMILES string of the molecule is CC(NC(=O)C(N)CCCN=C(N)N)C(=O)NC(CC(N)=O)C(=O)NC(CCCN=C(N)N)C(=O)O. The van der Waals surface area contributed by atoms with Crippen LogP contribution in [0.5, 0.6) is 0 Å². The number of nitrogens with two attached hydrogens (primary N) is 6. The fourth-order valence-electron chi connectivity index (χ4n) is 2.78. The second kappa shape index (κ2) is 16.5. The Balaban J connectivity index is 5.02. The Morgan fingerprint density at radius 2 is 1.25 bits per heavy atom. The fourth-order valence-corrected chi connectivity index (χ4v) is 2.78. The summed E-state index contributed by atoms with van der Waals surface area (Å²) < 4.78 is 0. The van der Waals surface area contributed by atoms with Crippen molar-refractivity contribution in [3.05, 3.63) is 0 Å². The van der Waals surface area contributed by atoms with Crippen molar-refractivity contribution >= 4 is 41.5 Å². The van der Waals surface area contributed by atoms with Gasteiger partial charge >= 0.3 is 5.97 Å². The molecule has 0 aliphatic heterocycles. The van der Waals surface area contributed by atoms with Gasteiger partial charge in [-0.15, -0.1) is 0 Å². The number of nitrogens with one attached hydrogen (secondary N) is 3. The molecule has 36 heavy (non-hydrogen) atoms. The van der Waals surface area contributed by atoms with Crippen molar-refractivity contribution in [2.24, 2.45) is 44.4 Å². The molecule has 0 heterocycles. The normalized spacial score (nSPS) is 13.7. The number of hydrogen-bond acceptors (Lipinski definition) is 8. The van der Waals surface area contributed by atoms with E-state index in [0.29, 0.717) is 6.42 Å². The molecule has 0 saturated carbocycles. The van der Waals surface area contributed by atoms with E-state index in [9.17, 15) is 29.1 Å². The van der Waals surface area contributed by atoms with Gasteiger partial charge in [0.2, 0.25) is 23.6 Å². The topological polar surface area (TPSA) is 323 Å². The first kappa shape index (κ1) is 31.8. The Morgan fingerprint density at radius 3 is 1.72 bits per heavy atom. The van der Waals surface area contributed by atoms with E-state index in [-0.39, 0.29) is 44.3 Å². The molecule has 0 aromatic rings. The highest BCUT2D eigenvalue weighted by molar-refractivity contribution is 5.95. The van der Waals surface area contributed by atoms with Crippen LogP contribution >= 0.6 is 0 Å². The highest BCUT2D eigenvalue weighted by atomic mass is 16.4. The van der Waals surface area contributed by atoms with Crippen molar-refractivity contribution in [2.75, 3.05) is 13.1 Å². The molecular formula is C19H37N11O6. The molecule has 17 nitrogen and oxygen atoms in total. The summed E-state index contributed by atoms with van der Waals surface area (Å²) in [4.78, 5) is 67.8. The molecule has 0 rings (SSSR count). The van der Waals surface area contributed by atoms with Crippen LogP contribution in [-0.2, 0) is 24.0 Å². The molecule has 0 aliphatic rings. The third-order valence-corrected chi connectivity index (χ3v) is 4.65. The summed E-state index contributed by atoms with van der Waals surface area (Å²) in [7, 11) is 0. The second-order valence-corrected chi connectivity index (χ2v) is 7.87. The molecule has 4 amide bonds. The minimum Gasteiger partial charge on any atom is -0.480 e. The predicted octanol–water partition coefficient (Wildman–Crippen LogP) is -5.14. The molecule has 0 bridgehead atoms. The van der Waals surface area contributed by atoms with Crippen LogP contribution in [0.3, 0.4) is 0 Å². The number of carbonyl (C=O) groups is 5. The maximum atomic E-state index is 12.6. The number of aliphatic carboxylic acids is 1. The standard InChI is InChI=1S/C19H37N11O6/c1-9(28-15(33)10(20)4-2-6-26-18(22)23)14(32)30-12(8-13(21)31)16(34)29-11(17(35)36)5-3-7-27-19(24)25/h9-12H,2-8,20H2,1H3,(H2,21,31)(H,28,33)(H,29,34)(H,30,32)(H,35,36)(H4,22,23,26)(H4,24,25,27). The predicted molar refractivity (Wildman–Crippen MR) is 131 cm³/mol. The smallest absolute Gasteiger partial charge is 0.326 e. The summed E-state index contributed by atoms with van der Waals surface area (Å²) in [6.07, 6.45) is 0.261. The Labute approximate surface area is 207 Å². The van der Waals surface area contributed by atoms with E-state index in [4.69, 9.17) is 34.4 Å². The molecule has 17 heteroatoms. The molecule has 0 radical (unpaired) electrons. The summed E-state index contributed by atoms with van der Waals surface area (Å²) in [6.45, 7) is 1.74. The van der Waals surface area contributed by atoms with Crippen LogP contribution in [-0.4, -0.2) is 83.9 Å². The van der Waals surface area contributed by atoms with E-state index in [1.165, 1.54) is 6.92 Å². The highest BCUT2D eigenvalue weighted by Crippen LogP contribution is 2.02. The first-order valence-corrected chi connectivity index (χ1v) is 11.0. The fraction of sp³-hybridized carbons (Fsp3) is 0.632. The van der Waals surface area contributed by atoms with Gasteiger partial charge in [-0.25, -0.2) is 4.79 Å². The first-order valence-electron chi connectivity index (χ1n) is 11.0. The first-order chi connectivity index (χ1) is 16.7. The molecule has 4 unspecified atom stereocenters. The minimum atomic E-state index is -1.48. The Morgan fingerprint density at radius 1 is 0.750 bits per heavy atom. The van der Waals surface area contributed by atoms with Gasteiger partial charge in [0.05, 0.1) is 12.5 Å². The summed E-state index contributed by atoms with van der Waals surface area (Å²) in [5, 5.41) is 16.3. The molecule has 0 aromatic heterocycles.